The highest BCUT2D eigenvalue weighted by Gasteiger charge is 2.27. The second kappa shape index (κ2) is 8.28. The lowest BCUT2D eigenvalue weighted by Crippen LogP contribution is -2.47. The van der Waals surface area contributed by atoms with E-state index >= 15 is 0 Å². The molecule has 1 heterocycles. The highest BCUT2D eigenvalue weighted by atomic mass is 35.5. The van der Waals surface area contributed by atoms with E-state index in [0.29, 0.717) is 6.04 Å². The Morgan fingerprint density at radius 2 is 2.17 bits per heavy atom. The van der Waals surface area contributed by atoms with E-state index in [1.165, 1.54) is 25.0 Å². The van der Waals surface area contributed by atoms with E-state index in [-0.39, 0.29) is 24.4 Å². The smallest absolute Gasteiger partial charge is 0.237 e. The first-order valence-corrected chi connectivity index (χ1v) is 8.00. The van der Waals surface area contributed by atoms with Crippen molar-refractivity contribution in [2.45, 2.75) is 62.8 Å². The Kier molecular flexibility index (Phi) is 7.42. The molecule has 1 saturated carbocycles. The average molecular weight is 293 g/mol. The number of thioether (sulfide) groups is 1. The first-order chi connectivity index (χ1) is 8.29. The summed E-state index contributed by atoms with van der Waals surface area (Å²) in [5, 5.41) is 7.26. The summed E-state index contributed by atoms with van der Waals surface area (Å²) < 4.78 is 0. The minimum atomic E-state index is 0. The van der Waals surface area contributed by atoms with Crippen LogP contribution < -0.4 is 10.6 Å². The summed E-state index contributed by atoms with van der Waals surface area (Å²) in [5.41, 5.74) is 0. The third-order valence-corrected chi connectivity index (χ3v) is 4.98. The van der Waals surface area contributed by atoms with Gasteiger partial charge in [0, 0.05) is 11.3 Å². The number of carbonyl (C=O) groups excluding carboxylic acids is 1. The SMILES string of the molecule is CCSC1CCCC(NC(=O)C2CCCN2)C1.Cl. The summed E-state index contributed by atoms with van der Waals surface area (Å²) >= 11 is 2.05. The van der Waals surface area contributed by atoms with Crippen LogP contribution in [0.4, 0.5) is 0 Å². The molecule has 2 rings (SSSR count). The first kappa shape index (κ1) is 16.1. The third kappa shape index (κ3) is 4.63. The van der Waals surface area contributed by atoms with Crippen LogP contribution in [-0.2, 0) is 4.79 Å². The molecule has 1 amide bonds. The number of rotatable bonds is 4. The molecule has 0 aromatic carbocycles. The lowest BCUT2D eigenvalue weighted by Gasteiger charge is -2.30. The van der Waals surface area contributed by atoms with Crippen molar-refractivity contribution < 1.29 is 4.79 Å². The van der Waals surface area contributed by atoms with Crippen LogP contribution in [0.25, 0.3) is 0 Å². The molecule has 1 saturated heterocycles. The summed E-state index contributed by atoms with van der Waals surface area (Å²) in [6.07, 6.45) is 7.06. The summed E-state index contributed by atoms with van der Waals surface area (Å²) in [6.45, 7) is 3.21. The lowest BCUT2D eigenvalue weighted by atomic mass is 9.94. The van der Waals surface area contributed by atoms with Gasteiger partial charge in [-0.05, 0) is 44.4 Å². The van der Waals surface area contributed by atoms with E-state index in [0.717, 1.165) is 31.1 Å². The van der Waals surface area contributed by atoms with Gasteiger partial charge in [-0.2, -0.15) is 11.8 Å². The van der Waals surface area contributed by atoms with Gasteiger partial charge in [0.2, 0.25) is 5.91 Å². The molecule has 3 atom stereocenters. The Morgan fingerprint density at radius 1 is 1.33 bits per heavy atom. The van der Waals surface area contributed by atoms with Gasteiger partial charge in [-0.25, -0.2) is 0 Å². The lowest BCUT2D eigenvalue weighted by molar-refractivity contribution is -0.123. The molecule has 2 aliphatic rings. The fourth-order valence-electron chi connectivity index (χ4n) is 2.87. The topological polar surface area (TPSA) is 41.1 Å². The molecule has 5 heteroatoms. The third-order valence-electron chi connectivity index (χ3n) is 3.75. The maximum absolute atomic E-state index is 12.0. The van der Waals surface area contributed by atoms with Crippen LogP contribution in [0.15, 0.2) is 0 Å². The van der Waals surface area contributed by atoms with Crippen LogP contribution in [0.3, 0.4) is 0 Å². The first-order valence-electron chi connectivity index (χ1n) is 6.95. The maximum atomic E-state index is 12.0. The summed E-state index contributed by atoms with van der Waals surface area (Å²) in [6, 6.07) is 0.497. The average Bonchev–Trinajstić information content (AvgIpc) is 2.83. The zero-order valence-corrected chi connectivity index (χ0v) is 12.7. The summed E-state index contributed by atoms with van der Waals surface area (Å²) in [5.74, 6) is 1.42. The molecular weight excluding hydrogens is 268 g/mol. The van der Waals surface area contributed by atoms with E-state index in [1.807, 2.05) is 11.8 Å². The minimum absolute atomic E-state index is 0. The molecule has 0 bridgehead atoms. The van der Waals surface area contributed by atoms with Gasteiger partial charge in [0.1, 0.15) is 0 Å². The molecule has 106 valence electrons. The fraction of sp³-hybridized carbons (Fsp3) is 0.923. The molecule has 3 unspecified atom stereocenters. The number of nitrogens with one attached hydrogen (secondary N) is 2. The standard InChI is InChI=1S/C13H24N2OS.ClH/c1-2-17-11-6-3-5-10(9-11)15-13(16)12-7-4-8-14-12;/h10-12,14H,2-9H2,1H3,(H,15,16);1H. The Hall–Kier alpha value is 0.0700. The Labute approximate surface area is 121 Å². The van der Waals surface area contributed by atoms with Crippen molar-refractivity contribution in [1.29, 1.82) is 0 Å². The van der Waals surface area contributed by atoms with Crippen LogP contribution in [0.2, 0.25) is 0 Å². The summed E-state index contributed by atoms with van der Waals surface area (Å²) in [7, 11) is 0. The van der Waals surface area contributed by atoms with Crippen molar-refractivity contribution in [3.8, 4) is 0 Å². The van der Waals surface area contributed by atoms with Crippen molar-refractivity contribution in [1.82, 2.24) is 10.6 Å². The summed E-state index contributed by atoms with van der Waals surface area (Å²) in [4.78, 5) is 12.0. The van der Waals surface area contributed by atoms with Gasteiger partial charge in [-0.1, -0.05) is 13.3 Å². The Bertz CT molecular complexity index is 257. The highest BCUT2D eigenvalue weighted by molar-refractivity contribution is 7.99. The van der Waals surface area contributed by atoms with Crippen molar-refractivity contribution in [3.05, 3.63) is 0 Å². The van der Waals surface area contributed by atoms with Crippen molar-refractivity contribution >= 4 is 30.1 Å². The van der Waals surface area contributed by atoms with Crippen molar-refractivity contribution in [3.63, 3.8) is 0 Å². The normalized spacial score (nSPS) is 31.7. The van der Waals surface area contributed by atoms with Gasteiger partial charge >= 0.3 is 0 Å². The molecule has 0 radical (unpaired) electrons. The second-order valence-corrected chi connectivity index (χ2v) is 6.68. The molecule has 1 aliphatic heterocycles. The minimum Gasteiger partial charge on any atom is -0.352 e. The quantitative estimate of drug-likeness (QED) is 0.836. The van der Waals surface area contributed by atoms with Crippen LogP contribution in [0.5, 0.6) is 0 Å². The molecule has 2 fully saturated rings. The van der Waals surface area contributed by atoms with Crippen LogP contribution in [-0.4, -0.2) is 35.5 Å². The van der Waals surface area contributed by atoms with E-state index in [9.17, 15) is 4.79 Å². The Morgan fingerprint density at radius 3 is 2.83 bits per heavy atom. The van der Waals surface area contributed by atoms with Gasteiger partial charge in [0.05, 0.1) is 6.04 Å². The molecule has 0 aromatic rings. The van der Waals surface area contributed by atoms with Gasteiger partial charge in [-0.15, -0.1) is 12.4 Å². The zero-order valence-electron chi connectivity index (χ0n) is 11.1. The molecule has 2 N–H and O–H groups in total. The van der Waals surface area contributed by atoms with Gasteiger partial charge in [0.15, 0.2) is 0 Å². The van der Waals surface area contributed by atoms with Crippen LogP contribution >= 0.6 is 24.2 Å². The van der Waals surface area contributed by atoms with Crippen molar-refractivity contribution in [2.75, 3.05) is 12.3 Å². The van der Waals surface area contributed by atoms with Gasteiger partial charge < -0.3 is 10.6 Å². The molecule has 18 heavy (non-hydrogen) atoms. The van der Waals surface area contributed by atoms with Crippen LogP contribution in [0, 0.1) is 0 Å². The predicted octanol–water partition coefficient (Wildman–Crippen LogP) is 2.34. The second-order valence-electron chi connectivity index (χ2n) is 5.10. The number of carbonyl (C=O) groups is 1. The molecule has 3 nitrogen and oxygen atoms in total. The van der Waals surface area contributed by atoms with E-state index in [4.69, 9.17) is 0 Å². The number of hydrogen-bond donors (Lipinski definition) is 2. The monoisotopic (exact) mass is 292 g/mol. The number of amides is 1. The van der Waals surface area contributed by atoms with E-state index in [2.05, 4.69) is 17.6 Å². The van der Waals surface area contributed by atoms with Crippen molar-refractivity contribution in [2.24, 2.45) is 0 Å². The fourth-order valence-corrected chi connectivity index (χ4v) is 4.05. The molecule has 0 spiro atoms. The Balaban J connectivity index is 0.00000162. The molecule has 0 aromatic heterocycles. The van der Waals surface area contributed by atoms with Gasteiger partial charge in [-0.3, -0.25) is 4.79 Å². The molecular formula is C13H25ClN2OS. The highest BCUT2D eigenvalue weighted by Crippen LogP contribution is 2.28. The van der Waals surface area contributed by atoms with Gasteiger partial charge in [0.25, 0.3) is 0 Å². The number of hydrogen-bond acceptors (Lipinski definition) is 3. The maximum Gasteiger partial charge on any atom is 0.237 e. The van der Waals surface area contributed by atoms with E-state index in [1.54, 1.807) is 0 Å². The van der Waals surface area contributed by atoms with Crippen LogP contribution in [0.1, 0.15) is 45.4 Å². The zero-order chi connectivity index (χ0) is 12.1. The predicted molar refractivity (Wildman–Crippen MR) is 80.6 cm³/mol. The van der Waals surface area contributed by atoms with E-state index < -0.39 is 0 Å². The molecule has 1 aliphatic carbocycles. The number of halogens is 1. The largest absolute Gasteiger partial charge is 0.352 e.